The lowest BCUT2D eigenvalue weighted by Crippen LogP contribution is -2.24. The number of hydrogen-bond acceptors (Lipinski definition) is 5. The second kappa shape index (κ2) is 7.85. The summed E-state index contributed by atoms with van der Waals surface area (Å²) in [6.07, 6.45) is 6.03. The van der Waals surface area contributed by atoms with Crippen LogP contribution in [0.5, 0.6) is 0 Å². The molecule has 0 radical (unpaired) electrons. The monoisotopic (exact) mass is 401 g/mol. The Morgan fingerprint density at radius 1 is 1.17 bits per heavy atom. The van der Waals surface area contributed by atoms with Gasteiger partial charge in [-0.25, -0.2) is 4.98 Å². The van der Waals surface area contributed by atoms with Gasteiger partial charge in [-0.2, -0.15) is 0 Å². The van der Waals surface area contributed by atoms with E-state index in [0.29, 0.717) is 25.3 Å². The van der Waals surface area contributed by atoms with Crippen molar-refractivity contribution >= 4 is 22.2 Å². The SMILES string of the molecule is O=C(NCc1cncc2ccccc12)c1nc(CN2CCC(O)C2)n2ccccc12. The highest BCUT2D eigenvalue weighted by Gasteiger charge is 2.23. The van der Waals surface area contributed by atoms with Gasteiger partial charge in [-0.1, -0.05) is 30.3 Å². The van der Waals surface area contributed by atoms with Crippen LogP contribution in [0.1, 0.15) is 28.3 Å². The van der Waals surface area contributed by atoms with Gasteiger partial charge in [-0.05, 0) is 29.5 Å². The van der Waals surface area contributed by atoms with E-state index in [1.165, 1.54) is 0 Å². The van der Waals surface area contributed by atoms with Crippen LogP contribution in [-0.2, 0) is 13.1 Å². The number of amides is 1. The number of benzene rings is 1. The van der Waals surface area contributed by atoms with Gasteiger partial charge in [0.25, 0.3) is 5.91 Å². The molecule has 4 heterocycles. The summed E-state index contributed by atoms with van der Waals surface area (Å²) < 4.78 is 1.96. The number of imidazole rings is 1. The summed E-state index contributed by atoms with van der Waals surface area (Å²) in [4.78, 5) is 24.1. The molecule has 7 heteroatoms. The molecule has 1 fully saturated rings. The quantitative estimate of drug-likeness (QED) is 0.537. The molecule has 1 atom stereocenters. The second-order valence-corrected chi connectivity index (χ2v) is 7.71. The minimum absolute atomic E-state index is 0.209. The van der Waals surface area contributed by atoms with Crippen molar-refractivity contribution in [1.29, 1.82) is 0 Å². The summed E-state index contributed by atoms with van der Waals surface area (Å²) in [5, 5.41) is 14.9. The Kier molecular flexibility index (Phi) is 4.90. The Morgan fingerprint density at radius 2 is 2.03 bits per heavy atom. The number of β-amino-alcohol motifs (C(OH)–C–C–N with tert-alkyl or cyclic N) is 1. The fourth-order valence-electron chi connectivity index (χ4n) is 4.12. The van der Waals surface area contributed by atoms with Crippen molar-refractivity contribution in [2.45, 2.75) is 25.6 Å². The summed E-state index contributed by atoms with van der Waals surface area (Å²) in [7, 11) is 0. The molecule has 1 saturated heterocycles. The van der Waals surface area contributed by atoms with E-state index < -0.39 is 0 Å². The lowest BCUT2D eigenvalue weighted by Gasteiger charge is -2.13. The van der Waals surface area contributed by atoms with Gasteiger partial charge in [-0.15, -0.1) is 0 Å². The van der Waals surface area contributed by atoms with Crippen LogP contribution in [0.2, 0.25) is 0 Å². The number of nitrogens with zero attached hydrogens (tertiary/aromatic N) is 4. The smallest absolute Gasteiger partial charge is 0.272 e. The minimum Gasteiger partial charge on any atom is -0.392 e. The average molecular weight is 401 g/mol. The van der Waals surface area contributed by atoms with Gasteiger partial charge in [0.05, 0.1) is 18.2 Å². The molecule has 0 bridgehead atoms. The number of hydrogen-bond donors (Lipinski definition) is 2. The Labute approximate surface area is 174 Å². The number of likely N-dealkylation sites (tertiary alicyclic amines) is 1. The largest absolute Gasteiger partial charge is 0.392 e. The predicted octanol–water partition coefficient (Wildman–Crippen LogP) is 2.38. The Balaban J connectivity index is 1.39. The zero-order valence-electron chi connectivity index (χ0n) is 16.5. The van der Waals surface area contributed by atoms with Crippen LogP contribution in [0.3, 0.4) is 0 Å². The summed E-state index contributed by atoms with van der Waals surface area (Å²) in [6, 6.07) is 13.8. The van der Waals surface area contributed by atoms with Gasteiger partial charge < -0.3 is 14.8 Å². The molecule has 0 aliphatic carbocycles. The molecule has 30 heavy (non-hydrogen) atoms. The van der Waals surface area contributed by atoms with E-state index in [4.69, 9.17) is 0 Å². The van der Waals surface area contributed by atoms with Gasteiger partial charge in [0.15, 0.2) is 5.69 Å². The Hall–Kier alpha value is -3.29. The first-order chi connectivity index (χ1) is 14.7. The van der Waals surface area contributed by atoms with E-state index in [1.807, 2.05) is 59.3 Å². The van der Waals surface area contributed by atoms with Crippen LogP contribution in [0.25, 0.3) is 16.3 Å². The van der Waals surface area contributed by atoms with E-state index in [9.17, 15) is 9.90 Å². The van der Waals surface area contributed by atoms with Crippen LogP contribution in [0.4, 0.5) is 0 Å². The number of aliphatic hydroxyl groups excluding tert-OH is 1. The molecule has 152 valence electrons. The number of carbonyl (C=O) groups is 1. The number of aromatic nitrogens is 3. The van der Waals surface area contributed by atoms with Gasteiger partial charge >= 0.3 is 0 Å². The van der Waals surface area contributed by atoms with Gasteiger partial charge in [0, 0.05) is 43.6 Å². The third-order valence-corrected chi connectivity index (χ3v) is 5.64. The minimum atomic E-state index is -0.284. The van der Waals surface area contributed by atoms with E-state index in [1.54, 1.807) is 6.20 Å². The van der Waals surface area contributed by atoms with Gasteiger partial charge in [0.1, 0.15) is 5.82 Å². The van der Waals surface area contributed by atoms with Crippen molar-refractivity contribution in [2.75, 3.05) is 13.1 Å². The lowest BCUT2D eigenvalue weighted by molar-refractivity contribution is 0.0948. The Morgan fingerprint density at radius 3 is 2.90 bits per heavy atom. The van der Waals surface area contributed by atoms with E-state index in [2.05, 4.69) is 20.2 Å². The highest BCUT2D eigenvalue weighted by Crippen LogP contribution is 2.19. The first-order valence-electron chi connectivity index (χ1n) is 10.2. The molecule has 1 aliphatic heterocycles. The number of fused-ring (bicyclic) bond motifs is 2. The second-order valence-electron chi connectivity index (χ2n) is 7.71. The molecular formula is C23H23N5O2. The summed E-state index contributed by atoms with van der Waals surface area (Å²) in [5.74, 6) is 0.594. The summed E-state index contributed by atoms with van der Waals surface area (Å²) in [5.41, 5.74) is 2.16. The zero-order chi connectivity index (χ0) is 20.5. The third-order valence-electron chi connectivity index (χ3n) is 5.64. The number of nitrogens with one attached hydrogen (secondary N) is 1. The molecule has 1 aromatic carbocycles. The van der Waals surface area contributed by atoms with Crippen molar-refractivity contribution in [3.8, 4) is 0 Å². The maximum absolute atomic E-state index is 13.0. The standard InChI is InChI=1S/C23H23N5O2/c29-18-8-10-27(14-18)15-21-26-22(20-7-3-4-9-28(20)21)23(30)25-13-17-12-24-11-16-5-1-2-6-19(16)17/h1-7,9,11-12,18,29H,8,10,13-15H2,(H,25,30). The van der Waals surface area contributed by atoms with Crippen LogP contribution < -0.4 is 5.32 Å². The molecule has 4 aromatic rings. The molecule has 2 N–H and O–H groups in total. The molecule has 5 rings (SSSR count). The number of aliphatic hydroxyl groups is 1. The van der Waals surface area contributed by atoms with Crippen LogP contribution in [-0.4, -0.2) is 49.5 Å². The molecule has 1 amide bonds. The number of rotatable bonds is 5. The zero-order valence-corrected chi connectivity index (χ0v) is 16.5. The van der Waals surface area contributed by atoms with E-state index >= 15 is 0 Å². The third kappa shape index (κ3) is 3.53. The fourth-order valence-corrected chi connectivity index (χ4v) is 4.12. The molecule has 0 saturated carbocycles. The van der Waals surface area contributed by atoms with Crippen LogP contribution in [0, 0.1) is 0 Å². The average Bonchev–Trinajstić information content (AvgIpc) is 3.36. The fraction of sp³-hybridized carbons (Fsp3) is 0.261. The molecule has 0 spiro atoms. The highest BCUT2D eigenvalue weighted by molar-refractivity contribution is 5.99. The number of pyridine rings is 2. The maximum atomic E-state index is 13.0. The highest BCUT2D eigenvalue weighted by atomic mass is 16.3. The van der Waals surface area contributed by atoms with Crippen molar-refractivity contribution in [1.82, 2.24) is 24.6 Å². The first kappa shape index (κ1) is 18.7. The first-order valence-corrected chi connectivity index (χ1v) is 10.2. The summed E-state index contributed by atoms with van der Waals surface area (Å²) in [6.45, 7) is 2.45. The molecular weight excluding hydrogens is 378 g/mol. The molecule has 3 aromatic heterocycles. The van der Waals surface area contributed by atoms with E-state index in [0.717, 1.165) is 40.6 Å². The normalized spacial score (nSPS) is 17.0. The topological polar surface area (TPSA) is 82.8 Å². The summed E-state index contributed by atoms with van der Waals surface area (Å²) >= 11 is 0. The molecule has 1 aliphatic rings. The van der Waals surface area contributed by atoms with Crippen molar-refractivity contribution < 1.29 is 9.90 Å². The molecule has 7 nitrogen and oxygen atoms in total. The van der Waals surface area contributed by atoms with Crippen LogP contribution in [0.15, 0.2) is 61.1 Å². The number of carbonyl (C=O) groups excluding carboxylic acids is 1. The van der Waals surface area contributed by atoms with Crippen molar-refractivity contribution in [3.63, 3.8) is 0 Å². The van der Waals surface area contributed by atoms with Crippen molar-refractivity contribution in [3.05, 3.63) is 78.1 Å². The predicted molar refractivity (Wildman–Crippen MR) is 114 cm³/mol. The van der Waals surface area contributed by atoms with Gasteiger partial charge in [0.2, 0.25) is 0 Å². The van der Waals surface area contributed by atoms with Crippen molar-refractivity contribution in [2.24, 2.45) is 0 Å². The van der Waals surface area contributed by atoms with Gasteiger partial charge in [-0.3, -0.25) is 14.7 Å². The molecule has 1 unspecified atom stereocenters. The maximum Gasteiger partial charge on any atom is 0.272 e. The Bertz CT molecular complexity index is 1210. The van der Waals surface area contributed by atoms with Crippen LogP contribution >= 0.6 is 0 Å². The lowest BCUT2D eigenvalue weighted by atomic mass is 10.1. The van der Waals surface area contributed by atoms with E-state index in [-0.39, 0.29) is 12.0 Å².